The molecule has 0 spiro atoms. The van der Waals surface area contributed by atoms with Gasteiger partial charge in [0.15, 0.2) is 0 Å². The molecule has 6 heteroatoms. The molecular formula is C52H99NO5. The van der Waals surface area contributed by atoms with Crippen LogP contribution in [0.1, 0.15) is 271 Å². The normalized spacial score (nSPS) is 12.8. The van der Waals surface area contributed by atoms with Gasteiger partial charge in [-0.3, -0.25) is 9.59 Å². The van der Waals surface area contributed by atoms with Crippen molar-refractivity contribution >= 4 is 11.9 Å². The van der Waals surface area contributed by atoms with Gasteiger partial charge >= 0.3 is 5.97 Å². The lowest BCUT2D eigenvalue weighted by molar-refractivity contribution is -0.143. The van der Waals surface area contributed by atoms with Crippen molar-refractivity contribution in [3.8, 4) is 0 Å². The Kier molecular flexibility index (Phi) is 46.6. The molecule has 0 radical (unpaired) electrons. The fourth-order valence-corrected chi connectivity index (χ4v) is 7.74. The van der Waals surface area contributed by atoms with Crippen molar-refractivity contribution in [2.45, 2.75) is 283 Å². The van der Waals surface area contributed by atoms with Gasteiger partial charge in [0.25, 0.3) is 0 Å². The molecule has 0 aromatic carbocycles. The third kappa shape index (κ3) is 43.9. The van der Waals surface area contributed by atoms with Crippen LogP contribution in [0.2, 0.25) is 0 Å². The van der Waals surface area contributed by atoms with Crippen molar-refractivity contribution in [2.24, 2.45) is 0 Å². The quantitative estimate of drug-likeness (QED) is 0.0323. The lowest BCUT2D eigenvalue weighted by atomic mass is 10.0. The molecule has 3 N–H and O–H groups in total. The van der Waals surface area contributed by atoms with Gasteiger partial charge in [0.2, 0.25) is 5.91 Å². The number of carbonyl (C=O) groups excluding carboxylic acids is 2. The van der Waals surface area contributed by atoms with Crippen LogP contribution in [0.15, 0.2) is 24.3 Å². The molecule has 0 aromatic rings. The van der Waals surface area contributed by atoms with Crippen LogP contribution in [0.25, 0.3) is 0 Å². The zero-order valence-corrected chi connectivity index (χ0v) is 38.8. The summed E-state index contributed by atoms with van der Waals surface area (Å²) in [5.74, 6) is -0.0977. The molecule has 0 aromatic heterocycles. The highest BCUT2D eigenvalue weighted by molar-refractivity contribution is 5.76. The SMILES string of the molecule is CCCCC/C=C\CCCCCCCC(=O)OCCCCCCCCCCCCCCCC(=O)NC(CO)C(O)/C=C/CCCCCCCCCCCCCCCC. The lowest BCUT2D eigenvalue weighted by Gasteiger charge is -2.20. The van der Waals surface area contributed by atoms with E-state index in [2.05, 4.69) is 31.3 Å². The standard InChI is InChI=1S/C52H99NO5/c1-3-5-7-9-11-13-15-17-18-19-21-24-28-32-36-40-44-50(55)49(48-54)53-51(56)45-41-37-33-29-25-22-20-23-27-31-35-39-43-47-58-52(57)46-42-38-34-30-26-16-14-12-10-8-6-4-2/h12,14,40,44,49-50,54-55H,3-11,13,15-39,41-43,45-48H2,1-2H3,(H,53,56)/b14-12-,44-40+. The summed E-state index contributed by atoms with van der Waals surface area (Å²) in [6, 6.07) is -0.637. The van der Waals surface area contributed by atoms with Crippen molar-refractivity contribution in [2.75, 3.05) is 13.2 Å². The summed E-state index contributed by atoms with van der Waals surface area (Å²) in [7, 11) is 0. The average molecular weight is 818 g/mol. The third-order valence-corrected chi connectivity index (χ3v) is 11.7. The first-order valence-electron chi connectivity index (χ1n) is 25.6. The van der Waals surface area contributed by atoms with Gasteiger partial charge in [-0.2, -0.15) is 0 Å². The van der Waals surface area contributed by atoms with E-state index < -0.39 is 12.1 Å². The first-order valence-corrected chi connectivity index (χ1v) is 25.6. The molecule has 58 heavy (non-hydrogen) atoms. The minimum absolute atomic E-state index is 0.0172. The molecule has 2 atom stereocenters. The summed E-state index contributed by atoms with van der Waals surface area (Å²) in [5.41, 5.74) is 0. The molecule has 0 aliphatic rings. The number of amides is 1. The molecule has 0 aliphatic carbocycles. The minimum atomic E-state index is -0.852. The first-order chi connectivity index (χ1) is 28.5. The van der Waals surface area contributed by atoms with Crippen molar-refractivity contribution in [3.05, 3.63) is 24.3 Å². The van der Waals surface area contributed by atoms with E-state index in [0.717, 1.165) is 57.8 Å². The lowest BCUT2D eigenvalue weighted by Crippen LogP contribution is -2.45. The maximum Gasteiger partial charge on any atom is 0.305 e. The Bertz CT molecular complexity index is 904. The van der Waals surface area contributed by atoms with Crippen LogP contribution >= 0.6 is 0 Å². The Labute approximate surface area is 361 Å². The minimum Gasteiger partial charge on any atom is -0.466 e. The van der Waals surface area contributed by atoms with Crippen LogP contribution < -0.4 is 5.32 Å². The Morgan fingerprint density at radius 3 is 1.26 bits per heavy atom. The van der Waals surface area contributed by atoms with Gasteiger partial charge < -0.3 is 20.3 Å². The number of nitrogens with one attached hydrogen (secondary N) is 1. The fraction of sp³-hybridized carbons (Fsp3) is 0.885. The summed E-state index contributed by atoms with van der Waals surface area (Å²) in [4.78, 5) is 24.4. The molecule has 0 saturated heterocycles. The highest BCUT2D eigenvalue weighted by atomic mass is 16.5. The number of hydrogen-bond acceptors (Lipinski definition) is 5. The predicted molar refractivity (Wildman–Crippen MR) is 250 cm³/mol. The van der Waals surface area contributed by atoms with Crippen molar-refractivity contribution < 1.29 is 24.5 Å². The van der Waals surface area contributed by atoms with E-state index in [-0.39, 0.29) is 18.5 Å². The molecule has 0 bridgehead atoms. The summed E-state index contributed by atoms with van der Waals surface area (Å²) in [5, 5.41) is 23.1. The molecule has 0 fully saturated rings. The van der Waals surface area contributed by atoms with E-state index in [1.807, 2.05) is 6.08 Å². The van der Waals surface area contributed by atoms with E-state index in [4.69, 9.17) is 4.74 Å². The van der Waals surface area contributed by atoms with E-state index >= 15 is 0 Å². The number of aliphatic hydroxyl groups is 2. The highest BCUT2D eigenvalue weighted by Crippen LogP contribution is 2.16. The second-order valence-corrected chi connectivity index (χ2v) is 17.5. The Balaban J connectivity index is 3.50. The fourth-order valence-electron chi connectivity index (χ4n) is 7.74. The molecule has 0 aliphatic heterocycles. The van der Waals surface area contributed by atoms with E-state index in [9.17, 15) is 19.8 Å². The summed E-state index contributed by atoms with van der Waals surface area (Å²) in [6.45, 7) is 4.85. The van der Waals surface area contributed by atoms with Gasteiger partial charge in [0.05, 0.1) is 25.4 Å². The van der Waals surface area contributed by atoms with Crippen LogP contribution in [0, 0.1) is 0 Å². The number of aliphatic hydroxyl groups excluding tert-OH is 2. The Hall–Kier alpha value is -1.66. The van der Waals surface area contributed by atoms with Crippen LogP contribution in [0.4, 0.5) is 0 Å². The van der Waals surface area contributed by atoms with Crippen molar-refractivity contribution in [1.82, 2.24) is 5.32 Å². The largest absolute Gasteiger partial charge is 0.466 e. The van der Waals surface area contributed by atoms with Gasteiger partial charge in [-0.1, -0.05) is 224 Å². The van der Waals surface area contributed by atoms with Gasteiger partial charge in [-0.25, -0.2) is 0 Å². The molecule has 0 heterocycles. The topological polar surface area (TPSA) is 95.9 Å². The number of ether oxygens (including phenoxy) is 1. The Morgan fingerprint density at radius 2 is 0.810 bits per heavy atom. The molecule has 1 amide bonds. The number of hydrogen-bond donors (Lipinski definition) is 3. The number of carbonyl (C=O) groups is 2. The molecule has 0 saturated carbocycles. The second kappa shape index (κ2) is 48.0. The maximum atomic E-state index is 12.4. The maximum absolute atomic E-state index is 12.4. The van der Waals surface area contributed by atoms with Gasteiger partial charge in [-0.05, 0) is 57.8 Å². The average Bonchev–Trinajstić information content (AvgIpc) is 3.22. The van der Waals surface area contributed by atoms with Crippen LogP contribution in [-0.2, 0) is 14.3 Å². The molecule has 342 valence electrons. The third-order valence-electron chi connectivity index (χ3n) is 11.7. The molecule has 2 unspecified atom stereocenters. The molecular weight excluding hydrogens is 719 g/mol. The monoisotopic (exact) mass is 818 g/mol. The van der Waals surface area contributed by atoms with Crippen molar-refractivity contribution in [1.29, 1.82) is 0 Å². The number of allylic oxidation sites excluding steroid dienone is 3. The van der Waals surface area contributed by atoms with Crippen molar-refractivity contribution in [3.63, 3.8) is 0 Å². The van der Waals surface area contributed by atoms with Gasteiger partial charge in [0, 0.05) is 12.8 Å². The van der Waals surface area contributed by atoms with Crippen LogP contribution in [0.3, 0.4) is 0 Å². The van der Waals surface area contributed by atoms with Crippen LogP contribution in [-0.4, -0.2) is 47.4 Å². The van der Waals surface area contributed by atoms with Crippen LogP contribution in [0.5, 0.6) is 0 Å². The molecule has 6 nitrogen and oxygen atoms in total. The van der Waals surface area contributed by atoms with E-state index in [1.54, 1.807) is 6.08 Å². The van der Waals surface area contributed by atoms with E-state index in [1.165, 1.54) is 186 Å². The summed E-state index contributed by atoms with van der Waals surface area (Å²) in [6.07, 6.45) is 56.0. The Morgan fingerprint density at radius 1 is 0.466 bits per heavy atom. The molecule has 0 rings (SSSR count). The number of rotatable bonds is 47. The second-order valence-electron chi connectivity index (χ2n) is 17.5. The first kappa shape index (κ1) is 56.3. The summed E-state index contributed by atoms with van der Waals surface area (Å²) >= 11 is 0. The van der Waals surface area contributed by atoms with Gasteiger partial charge in [-0.15, -0.1) is 0 Å². The predicted octanol–water partition coefficient (Wildman–Crippen LogP) is 15.1. The smallest absolute Gasteiger partial charge is 0.305 e. The summed E-state index contributed by atoms with van der Waals surface area (Å²) < 4.78 is 5.44. The van der Waals surface area contributed by atoms with Gasteiger partial charge in [0.1, 0.15) is 0 Å². The number of esters is 1. The van der Waals surface area contributed by atoms with E-state index in [0.29, 0.717) is 19.4 Å². The highest BCUT2D eigenvalue weighted by Gasteiger charge is 2.18. The zero-order chi connectivity index (χ0) is 42.3. The zero-order valence-electron chi connectivity index (χ0n) is 38.8. The number of unbranched alkanes of at least 4 members (excludes halogenated alkanes) is 34.